The summed E-state index contributed by atoms with van der Waals surface area (Å²) < 4.78 is 5.27. The number of rotatable bonds is 2. The van der Waals surface area contributed by atoms with Crippen LogP contribution in [0.1, 0.15) is 13.3 Å². The van der Waals surface area contributed by atoms with Gasteiger partial charge in [0.1, 0.15) is 6.33 Å². The number of carbonyl (C=O) groups is 1. The molecule has 0 bridgehead atoms. The van der Waals surface area contributed by atoms with Crippen molar-refractivity contribution in [3.63, 3.8) is 0 Å². The highest BCUT2D eigenvalue weighted by Gasteiger charge is 2.21. The van der Waals surface area contributed by atoms with Gasteiger partial charge in [0, 0.05) is 33.1 Å². The van der Waals surface area contributed by atoms with Crippen molar-refractivity contribution >= 4 is 23.3 Å². The number of anilines is 1. The molecule has 2 rings (SSSR count). The van der Waals surface area contributed by atoms with Gasteiger partial charge in [0.15, 0.2) is 16.7 Å². The van der Waals surface area contributed by atoms with E-state index in [9.17, 15) is 4.79 Å². The van der Waals surface area contributed by atoms with E-state index < -0.39 is 0 Å². The van der Waals surface area contributed by atoms with Crippen LogP contribution in [0, 0.1) is 0 Å². The molecule has 1 aromatic heterocycles. The predicted molar refractivity (Wildman–Crippen MR) is 72.7 cm³/mol. The van der Waals surface area contributed by atoms with E-state index in [4.69, 9.17) is 16.3 Å². The molecule has 0 N–H and O–H groups in total. The first-order chi connectivity index (χ1) is 9.13. The van der Waals surface area contributed by atoms with Gasteiger partial charge in [-0.2, -0.15) is 0 Å². The second kappa shape index (κ2) is 6.06. The average Bonchev–Trinajstić information content (AvgIpc) is 2.64. The van der Waals surface area contributed by atoms with E-state index >= 15 is 0 Å². The molecule has 2 heterocycles. The molecular formula is C12H17ClN4O2. The van der Waals surface area contributed by atoms with E-state index in [1.165, 1.54) is 6.33 Å². The van der Waals surface area contributed by atoms with Crippen LogP contribution in [0.2, 0.25) is 5.15 Å². The summed E-state index contributed by atoms with van der Waals surface area (Å²) in [6, 6.07) is 0. The summed E-state index contributed by atoms with van der Waals surface area (Å²) in [6.07, 6.45) is 2.32. The molecule has 104 valence electrons. The van der Waals surface area contributed by atoms with Crippen LogP contribution in [0.25, 0.3) is 0 Å². The van der Waals surface area contributed by atoms with Crippen LogP contribution in [0.5, 0.6) is 5.75 Å². The van der Waals surface area contributed by atoms with Gasteiger partial charge < -0.3 is 14.5 Å². The van der Waals surface area contributed by atoms with E-state index in [-0.39, 0.29) is 5.91 Å². The van der Waals surface area contributed by atoms with Gasteiger partial charge in [-0.3, -0.25) is 4.79 Å². The van der Waals surface area contributed by atoms with Gasteiger partial charge in [-0.25, -0.2) is 9.97 Å². The topological polar surface area (TPSA) is 58.6 Å². The number of ether oxygens (including phenoxy) is 1. The van der Waals surface area contributed by atoms with Crippen LogP contribution >= 0.6 is 11.6 Å². The van der Waals surface area contributed by atoms with Crippen molar-refractivity contribution in [2.45, 2.75) is 13.3 Å². The van der Waals surface area contributed by atoms with E-state index in [1.807, 2.05) is 4.90 Å². The molecule has 1 aliphatic rings. The zero-order chi connectivity index (χ0) is 13.8. The third-order valence-electron chi connectivity index (χ3n) is 3.19. The molecule has 6 nitrogen and oxygen atoms in total. The normalized spacial score (nSPS) is 16.2. The lowest BCUT2D eigenvalue weighted by molar-refractivity contribution is -0.128. The summed E-state index contributed by atoms with van der Waals surface area (Å²) in [5.41, 5.74) is 0. The molecule has 19 heavy (non-hydrogen) atoms. The number of hydrogen-bond donors (Lipinski definition) is 0. The van der Waals surface area contributed by atoms with Gasteiger partial charge in [-0.05, 0) is 6.42 Å². The minimum Gasteiger partial charge on any atom is -0.490 e. The quantitative estimate of drug-likeness (QED) is 0.764. The summed E-state index contributed by atoms with van der Waals surface area (Å²) in [6.45, 7) is 4.57. The molecule has 1 aliphatic heterocycles. The Morgan fingerprint density at radius 1 is 1.32 bits per heavy atom. The lowest BCUT2D eigenvalue weighted by atomic mass is 10.3. The maximum atomic E-state index is 11.4. The van der Waals surface area contributed by atoms with Crippen LogP contribution in [0.4, 0.5) is 5.82 Å². The maximum absolute atomic E-state index is 11.4. The first-order valence-corrected chi connectivity index (χ1v) is 6.56. The van der Waals surface area contributed by atoms with Crippen molar-refractivity contribution < 1.29 is 9.53 Å². The first kappa shape index (κ1) is 13.9. The second-order valence-corrected chi connectivity index (χ2v) is 4.73. The average molecular weight is 285 g/mol. The minimum absolute atomic E-state index is 0.106. The zero-order valence-electron chi connectivity index (χ0n) is 11.1. The number of nitrogens with zero attached hydrogens (tertiary/aromatic N) is 4. The van der Waals surface area contributed by atoms with Gasteiger partial charge in [0.05, 0.1) is 7.11 Å². The summed E-state index contributed by atoms with van der Waals surface area (Å²) in [4.78, 5) is 23.5. The first-order valence-electron chi connectivity index (χ1n) is 6.18. The predicted octanol–water partition coefficient (Wildman–Crippen LogP) is 1.20. The summed E-state index contributed by atoms with van der Waals surface area (Å²) in [5.74, 6) is 1.28. The summed E-state index contributed by atoms with van der Waals surface area (Å²) in [7, 11) is 1.55. The van der Waals surface area contributed by atoms with Crippen molar-refractivity contribution in [1.82, 2.24) is 14.9 Å². The molecule has 7 heteroatoms. The van der Waals surface area contributed by atoms with E-state index in [0.717, 1.165) is 19.5 Å². The number of carbonyl (C=O) groups excluding carboxylic acids is 1. The van der Waals surface area contributed by atoms with Gasteiger partial charge in [0.2, 0.25) is 5.91 Å². The molecule has 0 atom stereocenters. The van der Waals surface area contributed by atoms with E-state index in [2.05, 4.69) is 14.9 Å². The SMILES string of the molecule is COc1c(Cl)ncnc1N1CCCN(C(C)=O)CC1. The molecule has 0 saturated carbocycles. The molecule has 1 aromatic rings. The van der Waals surface area contributed by atoms with Crippen molar-refractivity contribution in [1.29, 1.82) is 0 Å². The monoisotopic (exact) mass is 284 g/mol. The van der Waals surface area contributed by atoms with Crippen molar-refractivity contribution in [2.75, 3.05) is 38.2 Å². The van der Waals surface area contributed by atoms with E-state index in [1.54, 1.807) is 14.0 Å². The summed E-state index contributed by atoms with van der Waals surface area (Å²) in [5, 5.41) is 0.306. The number of methoxy groups -OCH3 is 1. The van der Waals surface area contributed by atoms with Gasteiger partial charge in [0.25, 0.3) is 0 Å². The molecule has 1 amide bonds. The van der Waals surface area contributed by atoms with Crippen LogP contribution in [0.15, 0.2) is 6.33 Å². The number of hydrogen-bond acceptors (Lipinski definition) is 5. The Morgan fingerprint density at radius 3 is 2.79 bits per heavy atom. The van der Waals surface area contributed by atoms with Gasteiger partial charge in [-0.1, -0.05) is 11.6 Å². The standard InChI is InChI=1S/C12H17ClN4O2/c1-9(18)16-4-3-5-17(7-6-16)12-10(19-2)11(13)14-8-15-12/h8H,3-7H2,1-2H3. The fourth-order valence-electron chi connectivity index (χ4n) is 2.19. The molecule has 0 spiro atoms. The number of amides is 1. The Morgan fingerprint density at radius 2 is 2.11 bits per heavy atom. The van der Waals surface area contributed by atoms with Crippen molar-refractivity contribution in [2.24, 2.45) is 0 Å². The Kier molecular flexibility index (Phi) is 4.42. The fourth-order valence-corrected chi connectivity index (χ4v) is 2.39. The zero-order valence-corrected chi connectivity index (χ0v) is 11.9. The molecule has 0 aromatic carbocycles. The smallest absolute Gasteiger partial charge is 0.219 e. The Hall–Kier alpha value is -1.56. The molecule has 1 saturated heterocycles. The minimum atomic E-state index is 0.106. The fraction of sp³-hybridized carbons (Fsp3) is 0.583. The van der Waals surface area contributed by atoms with Gasteiger partial charge in [-0.15, -0.1) is 0 Å². The third-order valence-corrected chi connectivity index (χ3v) is 3.46. The second-order valence-electron chi connectivity index (χ2n) is 4.37. The summed E-state index contributed by atoms with van der Waals surface area (Å²) >= 11 is 6.00. The van der Waals surface area contributed by atoms with Crippen molar-refractivity contribution in [3.8, 4) is 5.75 Å². The molecule has 0 unspecified atom stereocenters. The number of aromatic nitrogens is 2. The molecule has 0 aliphatic carbocycles. The lowest BCUT2D eigenvalue weighted by Crippen LogP contribution is -2.34. The Balaban J connectivity index is 2.18. The third kappa shape index (κ3) is 3.07. The molecule has 0 radical (unpaired) electrons. The van der Waals surface area contributed by atoms with Crippen molar-refractivity contribution in [3.05, 3.63) is 11.5 Å². The van der Waals surface area contributed by atoms with Crippen LogP contribution in [-0.2, 0) is 4.79 Å². The Labute approximate surface area is 117 Å². The highest BCUT2D eigenvalue weighted by Crippen LogP contribution is 2.31. The highest BCUT2D eigenvalue weighted by molar-refractivity contribution is 6.31. The van der Waals surface area contributed by atoms with Crippen LogP contribution in [-0.4, -0.2) is 54.1 Å². The lowest BCUT2D eigenvalue weighted by Gasteiger charge is -2.23. The van der Waals surface area contributed by atoms with E-state index in [0.29, 0.717) is 29.8 Å². The largest absolute Gasteiger partial charge is 0.490 e. The Bertz CT molecular complexity index is 469. The maximum Gasteiger partial charge on any atom is 0.219 e. The van der Waals surface area contributed by atoms with Gasteiger partial charge >= 0.3 is 0 Å². The molecule has 1 fully saturated rings. The highest BCUT2D eigenvalue weighted by atomic mass is 35.5. The molecular weight excluding hydrogens is 268 g/mol. The number of halogens is 1. The van der Waals surface area contributed by atoms with Crippen LogP contribution in [0.3, 0.4) is 0 Å². The van der Waals surface area contributed by atoms with Crippen LogP contribution < -0.4 is 9.64 Å².